The van der Waals surface area contributed by atoms with Gasteiger partial charge in [-0.25, -0.2) is 9.59 Å². The molecule has 3 aromatic carbocycles. The van der Waals surface area contributed by atoms with E-state index in [1.165, 1.54) is 18.6 Å². The number of carboxylic acids is 2. The molecular formula is C47H52F6N2O7. The average Bonchev–Trinajstić information content (AvgIpc) is 3.26. The van der Waals surface area contributed by atoms with Gasteiger partial charge in [0.2, 0.25) is 0 Å². The fourth-order valence-electron chi connectivity index (χ4n) is 7.63. The summed E-state index contributed by atoms with van der Waals surface area (Å²) in [6.07, 6.45) is -3.42. The molecule has 0 spiro atoms. The van der Waals surface area contributed by atoms with Gasteiger partial charge in [-0.2, -0.15) is 26.3 Å². The van der Waals surface area contributed by atoms with Crippen LogP contribution in [-0.4, -0.2) is 79.8 Å². The van der Waals surface area contributed by atoms with E-state index in [1.54, 1.807) is 60.7 Å². The Labute approximate surface area is 357 Å². The standard InChI is InChI=1S/C19H22N2O.2C14H15F3O3/c1-2-13-12-21-10-8-14(13)11-18(21)19(22)16-7-9-20-17-6-4-3-5-15(16)17;2*1-2-3-9-13(12(18)19,14(15,16)17)20-10-11-7-5-4-6-8-11/h2-7,9,13-14,18-19,22H,1,8,10-12H2;2*2,4-8H,1,3,9-10H2,(H,18,19)/t13?,14-,18-,19+;2*13-/m011/s1. The van der Waals surface area contributed by atoms with Gasteiger partial charge in [-0.15, -0.1) is 19.7 Å². The molecule has 0 amide bonds. The van der Waals surface area contributed by atoms with Crippen molar-refractivity contribution in [2.45, 2.75) is 87.4 Å². The summed E-state index contributed by atoms with van der Waals surface area (Å²) in [6.45, 7) is 11.9. The highest BCUT2D eigenvalue weighted by atomic mass is 19.4. The number of para-hydroxylation sites is 1. The van der Waals surface area contributed by atoms with Gasteiger partial charge in [0.25, 0.3) is 11.2 Å². The maximum absolute atomic E-state index is 13.1. The molecule has 0 saturated carbocycles. The van der Waals surface area contributed by atoms with E-state index in [1.807, 2.05) is 30.5 Å². The van der Waals surface area contributed by atoms with Crippen molar-refractivity contribution in [3.05, 3.63) is 152 Å². The van der Waals surface area contributed by atoms with E-state index < -0.39 is 67.7 Å². The number of alkyl halides is 6. The molecule has 7 atom stereocenters. The van der Waals surface area contributed by atoms with Gasteiger partial charge in [0.1, 0.15) is 0 Å². The van der Waals surface area contributed by atoms with E-state index >= 15 is 0 Å². The monoisotopic (exact) mass is 870 g/mol. The number of aliphatic hydroxyl groups is 1. The first-order chi connectivity index (χ1) is 29.4. The van der Waals surface area contributed by atoms with Crippen LogP contribution in [0.3, 0.4) is 0 Å². The highest BCUT2D eigenvalue weighted by molar-refractivity contribution is 5.82. The fourth-order valence-corrected chi connectivity index (χ4v) is 7.63. The molecule has 62 heavy (non-hydrogen) atoms. The number of hydrogen-bond acceptors (Lipinski definition) is 7. The largest absolute Gasteiger partial charge is 0.479 e. The van der Waals surface area contributed by atoms with E-state index in [0.717, 1.165) is 36.0 Å². The smallest absolute Gasteiger partial charge is 0.428 e. The van der Waals surface area contributed by atoms with Gasteiger partial charge in [0.05, 0.1) is 24.8 Å². The van der Waals surface area contributed by atoms with Crippen LogP contribution < -0.4 is 0 Å². The van der Waals surface area contributed by atoms with Gasteiger partial charge in [-0.3, -0.25) is 9.88 Å². The molecule has 3 aliphatic rings. The number of aliphatic hydroxyl groups excluding tert-OH is 1. The maximum Gasteiger partial charge on any atom is 0.428 e. The van der Waals surface area contributed by atoms with E-state index in [-0.39, 0.29) is 18.9 Å². The third kappa shape index (κ3) is 12.0. The second kappa shape index (κ2) is 22.1. The topological polar surface area (TPSA) is 129 Å². The number of aliphatic carboxylic acids is 2. The Morgan fingerprint density at radius 2 is 1.24 bits per heavy atom. The van der Waals surface area contributed by atoms with Crippen LogP contribution in [0.2, 0.25) is 0 Å². The number of pyridine rings is 1. The molecule has 0 radical (unpaired) electrons. The Hall–Kier alpha value is -5.35. The Balaban J connectivity index is 0.000000205. The van der Waals surface area contributed by atoms with Crippen LogP contribution in [0.1, 0.15) is 61.3 Å². The molecule has 9 nitrogen and oxygen atoms in total. The normalized spacial score (nSPS) is 20.8. The molecule has 3 saturated heterocycles. The van der Waals surface area contributed by atoms with Gasteiger partial charge in [-0.1, -0.05) is 97.1 Å². The van der Waals surface area contributed by atoms with Gasteiger partial charge >= 0.3 is 24.3 Å². The summed E-state index contributed by atoms with van der Waals surface area (Å²) in [7, 11) is 0. The summed E-state index contributed by atoms with van der Waals surface area (Å²) in [5, 5.41) is 30.1. The molecule has 4 aromatic rings. The fraction of sp³-hybridized carbons (Fsp3) is 0.383. The zero-order chi connectivity index (χ0) is 45.6. The Kier molecular flexibility index (Phi) is 17.6. The minimum Gasteiger partial charge on any atom is -0.479 e. The zero-order valence-electron chi connectivity index (χ0n) is 34.1. The first-order valence-electron chi connectivity index (χ1n) is 20.0. The lowest BCUT2D eigenvalue weighted by Gasteiger charge is -2.50. The molecule has 334 valence electrons. The van der Waals surface area contributed by atoms with Crippen LogP contribution in [0, 0.1) is 11.8 Å². The third-order valence-electron chi connectivity index (χ3n) is 11.2. The molecule has 0 aliphatic carbocycles. The summed E-state index contributed by atoms with van der Waals surface area (Å²) >= 11 is 0. The van der Waals surface area contributed by atoms with E-state index in [2.05, 4.69) is 41.8 Å². The number of hydrogen-bond donors (Lipinski definition) is 3. The summed E-state index contributed by atoms with van der Waals surface area (Å²) in [4.78, 5) is 29.1. The molecular weight excluding hydrogens is 819 g/mol. The second-order valence-electron chi connectivity index (χ2n) is 15.1. The first-order valence-corrected chi connectivity index (χ1v) is 20.0. The van der Waals surface area contributed by atoms with Crippen LogP contribution >= 0.6 is 0 Å². The number of halogens is 6. The number of allylic oxidation sites excluding steroid dienone is 2. The van der Waals surface area contributed by atoms with Crippen LogP contribution in [0.25, 0.3) is 10.9 Å². The molecule has 15 heteroatoms. The quantitative estimate of drug-likeness (QED) is 0.0702. The van der Waals surface area contributed by atoms with E-state index in [0.29, 0.717) is 23.0 Å². The van der Waals surface area contributed by atoms with Crippen molar-refractivity contribution in [1.29, 1.82) is 0 Å². The predicted octanol–water partition coefficient (Wildman–Crippen LogP) is 10.3. The van der Waals surface area contributed by atoms with Gasteiger partial charge in [0.15, 0.2) is 0 Å². The second-order valence-corrected chi connectivity index (χ2v) is 15.1. The number of benzene rings is 3. The van der Waals surface area contributed by atoms with Crippen molar-refractivity contribution in [2.24, 2.45) is 11.8 Å². The minimum absolute atomic E-state index is 0.111. The Morgan fingerprint density at radius 1 is 0.758 bits per heavy atom. The number of piperidine rings is 3. The van der Waals surface area contributed by atoms with Crippen LogP contribution in [-0.2, 0) is 32.3 Å². The molecule has 4 heterocycles. The number of nitrogens with zero attached hydrogens (tertiary/aromatic N) is 2. The summed E-state index contributed by atoms with van der Waals surface area (Å²) in [5.41, 5.74) is -3.51. The number of rotatable bonds is 17. The number of carboxylic acid groups (broad SMARTS) is 2. The lowest BCUT2D eigenvalue weighted by molar-refractivity contribution is -0.281. The first kappa shape index (κ1) is 49.3. The van der Waals surface area contributed by atoms with E-state index in [9.17, 15) is 41.0 Å². The molecule has 2 unspecified atom stereocenters. The molecule has 3 fully saturated rings. The van der Waals surface area contributed by atoms with Crippen molar-refractivity contribution < 1.29 is 60.7 Å². The highest BCUT2D eigenvalue weighted by Crippen LogP contribution is 2.43. The average molecular weight is 871 g/mol. The third-order valence-corrected chi connectivity index (χ3v) is 11.2. The van der Waals surface area contributed by atoms with Crippen LogP contribution in [0.5, 0.6) is 0 Å². The molecule has 7 rings (SSSR count). The van der Waals surface area contributed by atoms with Crippen molar-refractivity contribution in [3.63, 3.8) is 0 Å². The summed E-state index contributed by atoms with van der Waals surface area (Å²) in [5.74, 6) is -2.81. The number of carbonyl (C=O) groups is 2. The summed E-state index contributed by atoms with van der Waals surface area (Å²) < 4.78 is 88.2. The lowest BCUT2D eigenvalue weighted by Crippen LogP contribution is -2.54. The molecule has 3 aliphatic heterocycles. The molecule has 3 N–H and O–H groups in total. The van der Waals surface area contributed by atoms with Crippen molar-refractivity contribution in [3.8, 4) is 0 Å². The Bertz CT molecular complexity index is 1990. The zero-order valence-corrected chi connectivity index (χ0v) is 34.1. The van der Waals surface area contributed by atoms with Crippen molar-refractivity contribution in [2.75, 3.05) is 13.1 Å². The Morgan fingerprint density at radius 3 is 1.66 bits per heavy atom. The lowest BCUT2D eigenvalue weighted by atomic mass is 9.73. The van der Waals surface area contributed by atoms with Crippen molar-refractivity contribution >= 4 is 22.8 Å². The van der Waals surface area contributed by atoms with Crippen molar-refractivity contribution in [1.82, 2.24) is 9.88 Å². The maximum atomic E-state index is 13.1. The number of aromatic nitrogens is 1. The predicted molar refractivity (Wildman–Crippen MR) is 223 cm³/mol. The van der Waals surface area contributed by atoms with E-state index in [4.69, 9.17) is 19.7 Å². The molecule has 1 aromatic heterocycles. The summed E-state index contributed by atoms with van der Waals surface area (Å²) in [6, 6.07) is 26.5. The van der Waals surface area contributed by atoms with Gasteiger partial charge in [0, 0.05) is 24.2 Å². The number of fused-ring (bicyclic) bond motifs is 4. The molecule has 2 bridgehead atoms. The minimum atomic E-state index is -5.00. The van der Waals surface area contributed by atoms with Crippen LogP contribution in [0.4, 0.5) is 26.3 Å². The van der Waals surface area contributed by atoms with Gasteiger partial charge < -0.3 is 24.8 Å². The number of ether oxygens (including phenoxy) is 2. The highest BCUT2D eigenvalue weighted by Gasteiger charge is 2.62. The SMILES string of the molecule is C=CC1CN2CC[C@H]1C[C@H]2[C@H](O)c1ccnc2ccccc12.C=CCC[C@@](OCc1ccccc1)(C(=O)O)C(F)(F)F.C=CCC[C@@](OCc1ccccc1)(C(=O)O)C(F)(F)F. The van der Waals surface area contributed by atoms with Crippen LogP contribution in [0.15, 0.2) is 135 Å². The van der Waals surface area contributed by atoms with Gasteiger partial charge in [-0.05, 0) is 85.7 Å².